The molecule has 0 aliphatic rings. The summed E-state index contributed by atoms with van der Waals surface area (Å²) in [6.45, 7) is 1.51. The van der Waals surface area contributed by atoms with Crippen molar-refractivity contribution in [2.45, 2.75) is 13.3 Å². The van der Waals surface area contributed by atoms with Crippen LogP contribution in [0.1, 0.15) is 17.7 Å². The molecule has 0 unspecified atom stereocenters. The number of nitrogens with one attached hydrogen (secondary N) is 1. The van der Waals surface area contributed by atoms with Crippen LogP contribution in [-0.4, -0.2) is 4.98 Å². The number of halogens is 2. The molecule has 0 saturated heterocycles. The Morgan fingerprint density at radius 1 is 1.58 bits per heavy atom. The third-order valence-electron chi connectivity index (χ3n) is 1.53. The molecular weight excluding hydrogens is 166 g/mol. The maximum absolute atomic E-state index is 12.0. The van der Waals surface area contributed by atoms with Gasteiger partial charge in [-0.15, -0.1) is 0 Å². The van der Waals surface area contributed by atoms with Gasteiger partial charge in [0.05, 0.1) is 5.69 Å². The third-order valence-corrected chi connectivity index (χ3v) is 1.53. The lowest BCUT2D eigenvalue weighted by Crippen LogP contribution is -2.15. The van der Waals surface area contributed by atoms with Gasteiger partial charge in [0.1, 0.15) is 5.69 Å². The molecule has 0 saturated carbocycles. The highest BCUT2D eigenvalue weighted by molar-refractivity contribution is 5.44. The second-order valence-electron chi connectivity index (χ2n) is 2.45. The monoisotopic (exact) mass is 174 g/mol. The van der Waals surface area contributed by atoms with Gasteiger partial charge in [0.2, 0.25) is 0 Å². The van der Waals surface area contributed by atoms with E-state index in [0.29, 0.717) is 5.56 Å². The molecule has 1 rings (SSSR count). The van der Waals surface area contributed by atoms with Crippen molar-refractivity contribution >= 4 is 5.69 Å². The van der Waals surface area contributed by atoms with E-state index < -0.39 is 17.7 Å². The Labute approximate surface area is 67.2 Å². The van der Waals surface area contributed by atoms with Crippen LogP contribution in [0.3, 0.4) is 0 Å². The number of aryl methyl sites for hydroxylation is 1. The summed E-state index contributed by atoms with van der Waals surface area (Å²) in [7, 11) is 0. The molecule has 0 aliphatic heterocycles. The Balaban J connectivity index is 3.31. The molecule has 1 aromatic rings. The average Bonchev–Trinajstić information content (AvgIpc) is 1.99. The van der Waals surface area contributed by atoms with E-state index in [1.165, 1.54) is 13.0 Å². The Morgan fingerprint density at radius 2 is 2.17 bits per heavy atom. The topological polar surface area (TPSA) is 58.9 Å². The van der Waals surface area contributed by atoms with Crippen molar-refractivity contribution in [2.75, 3.05) is 5.73 Å². The van der Waals surface area contributed by atoms with Gasteiger partial charge in [-0.25, -0.2) is 8.78 Å². The van der Waals surface area contributed by atoms with Crippen molar-refractivity contribution in [1.29, 1.82) is 0 Å². The second-order valence-corrected chi connectivity index (χ2v) is 2.45. The summed E-state index contributed by atoms with van der Waals surface area (Å²) in [6.07, 6.45) is -2.67. The van der Waals surface area contributed by atoms with Crippen LogP contribution in [0.25, 0.3) is 0 Å². The lowest BCUT2D eigenvalue weighted by molar-refractivity contribution is 0.146. The molecule has 1 aromatic heterocycles. The maximum Gasteiger partial charge on any atom is 0.278 e. The van der Waals surface area contributed by atoms with Gasteiger partial charge in [0.15, 0.2) is 0 Å². The molecule has 0 aliphatic carbocycles. The van der Waals surface area contributed by atoms with Gasteiger partial charge in [-0.3, -0.25) is 4.79 Å². The summed E-state index contributed by atoms with van der Waals surface area (Å²) >= 11 is 0. The highest BCUT2D eigenvalue weighted by atomic mass is 19.3. The largest absolute Gasteiger partial charge is 0.394 e. The average molecular weight is 174 g/mol. The van der Waals surface area contributed by atoms with E-state index in [0.717, 1.165) is 0 Å². The zero-order valence-electron chi connectivity index (χ0n) is 6.40. The molecule has 1 heterocycles. The zero-order valence-corrected chi connectivity index (χ0v) is 6.40. The molecule has 66 valence electrons. The summed E-state index contributed by atoms with van der Waals surface area (Å²) in [5.74, 6) is 0. The van der Waals surface area contributed by atoms with Gasteiger partial charge < -0.3 is 10.7 Å². The normalized spacial score (nSPS) is 10.7. The van der Waals surface area contributed by atoms with E-state index in [-0.39, 0.29) is 5.69 Å². The lowest BCUT2D eigenvalue weighted by Gasteiger charge is -2.02. The van der Waals surface area contributed by atoms with Crippen LogP contribution in [0.4, 0.5) is 14.5 Å². The minimum Gasteiger partial charge on any atom is -0.394 e. The van der Waals surface area contributed by atoms with Crippen molar-refractivity contribution in [3.63, 3.8) is 0 Å². The van der Waals surface area contributed by atoms with Gasteiger partial charge in [0, 0.05) is 0 Å². The second kappa shape index (κ2) is 2.92. The Kier molecular flexibility index (Phi) is 2.12. The first-order valence-corrected chi connectivity index (χ1v) is 3.30. The molecule has 12 heavy (non-hydrogen) atoms. The minimum absolute atomic E-state index is 0.0144. The number of nitrogens with two attached hydrogens (primary N) is 1. The number of H-pyrrole nitrogens is 1. The highest BCUT2D eigenvalue weighted by Crippen LogP contribution is 2.17. The van der Waals surface area contributed by atoms with Crippen LogP contribution >= 0.6 is 0 Å². The van der Waals surface area contributed by atoms with Crippen LogP contribution in [0.5, 0.6) is 0 Å². The van der Waals surface area contributed by atoms with Crippen molar-refractivity contribution in [2.24, 2.45) is 0 Å². The van der Waals surface area contributed by atoms with Gasteiger partial charge in [-0.2, -0.15) is 0 Å². The molecule has 0 spiro atoms. The van der Waals surface area contributed by atoms with Crippen LogP contribution in [0, 0.1) is 6.92 Å². The number of alkyl halides is 2. The van der Waals surface area contributed by atoms with Crippen molar-refractivity contribution < 1.29 is 8.78 Å². The number of nitrogen functional groups attached to an aromatic ring is 1. The maximum atomic E-state index is 12.0. The van der Waals surface area contributed by atoms with Gasteiger partial charge in [0.25, 0.3) is 12.0 Å². The van der Waals surface area contributed by atoms with E-state index in [1.807, 2.05) is 4.98 Å². The molecule has 3 nitrogen and oxygen atoms in total. The molecular formula is C7H8F2N2O. The summed E-state index contributed by atoms with van der Waals surface area (Å²) in [4.78, 5) is 12.8. The zero-order chi connectivity index (χ0) is 9.30. The van der Waals surface area contributed by atoms with Gasteiger partial charge >= 0.3 is 0 Å². The molecule has 0 atom stereocenters. The van der Waals surface area contributed by atoms with Crippen molar-refractivity contribution in [1.82, 2.24) is 4.98 Å². The number of anilines is 1. The third kappa shape index (κ3) is 1.44. The first-order valence-electron chi connectivity index (χ1n) is 3.30. The quantitative estimate of drug-likeness (QED) is 0.672. The first kappa shape index (κ1) is 8.70. The summed E-state index contributed by atoms with van der Waals surface area (Å²) in [5.41, 5.74) is 4.56. The highest BCUT2D eigenvalue weighted by Gasteiger charge is 2.10. The molecule has 0 amide bonds. The molecule has 0 fully saturated rings. The van der Waals surface area contributed by atoms with E-state index in [4.69, 9.17) is 5.73 Å². The lowest BCUT2D eigenvalue weighted by atomic mass is 10.2. The Hall–Kier alpha value is -1.39. The molecule has 0 bridgehead atoms. The van der Waals surface area contributed by atoms with Crippen LogP contribution in [0.2, 0.25) is 0 Å². The van der Waals surface area contributed by atoms with Gasteiger partial charge in [-0.05, 0) is 18.6 Å². The van der Waals surface area contributed by atoms with E-state index in [9.17, 15) is 13.6 Å². The summed E-state index contributed by atoms with van der Waals surface area (Å²) in [5, 5.41) is 0. The van der Waals surface area contributed by atoms with Crippen LogP contribution in [-0.2, 0) is 0 Å². The fourth-order valence-corrected chi connectivity index (χ4v) is 0.842. The van der Waals surface area contributed by atoms with Crippen LogP contribution < -0.4 is 11.3 Å². The predicted molar refractivity (Wildman–Crippen MR) is 41.2 cm³/mol. The smallest absolute Gasteiger partial charge is 0.278 e. The number of aromatic amines is 1. The predicted octanol–water partition coefficient (Wildman–Crippen LogP) is 1.20. The molecule has 0 radical (unpaired) electrons. The number of rotatable bonds is 1. The first-order chi connectivity index (χ1) is 5.52. The van der Waals surface area contributed by atoms with E-state index in [2.05, 4.69) is 0 Å². The number of hydrogen-bond donors (Lipinski definition) is 2. The van der Waals surface area contributed by atoms with Gasteiger partial charge in [-0.1, -0.05) is 0 Å². The van der Waals surface area contributed by atoms with Crippen LogP contribution in [0.15, 0.2) is 10.9 Å². The molecule has 3 N–H and O–H groups in total. The standard InChI is InChI=1S/C7H8F2N2O/c1-3-2-4(6(8)9)11-7(12)5(3)10/h2,6H,10H2,1H3,(H,11,12). The van der Waals surface area contributed by atoms with Crippen molar-refractivity contribution in [3.8, 4) is 0 Å². The minimum atomic E-state index is -2.67. The SMILES string of the molecule is Cc1cc(C(F)F)[nH]c(=O)c1N. The molecule has 5 heteroatoms. The molecule has 0 aromatic carbocycles. The number of hydrogen-bond acceptors (Lipinski definition) is 2. The van der Waals surface area contributed by atoms with Crippen molar-refractivity contribution in [3.05, 3.63) is 27.7 Å². The fraction of sp³-hybridized carbons (Fsp3) is 0.286. The Bertz CT molecular complexity index is 346. The Morgan fingerprint density at radius 3 is 2.58 bits per heavy atom. The summed E-state index contributed by atoms with van der Waals surface area (Å²) in [6, 6.07) is 1.17. The number of aromatic nitrogens is 1. The van der Waals surface area contributed by atoms with E-state index >= 15 is 0 Å². The fourth-order valence-electron chi connectivity index (χ4n) is 0.842. The number of pyridine rings is 1. The van der Waals surface area contributed by atoms with E-state index in [1.54, 1.807) is 0 Å². The summed E-state index contributed by atoms with van der Waals surface area (Å²) < 4.78 is 24.1.